The lowest BCUT2D eigenvalue weighted by Gasteiger charge is -2.35. The number of Topliss-reactive ketones (excluding diaryl/α,β-unsaturated/α-hetero) is 1. The van der Waals surface area contributed by atoms with Crippen LogP contribution in [0.2, 0.25) is 0 Å². The average molecular weight is 374 g/mol. The Kier molecular flexibility index (Phi) is 7.17. The quantitative estimate of drug-likeness (QED) is 0.665. The van der Waals surface area contributed by atoms with Crippen molar-refractivity contribution in [3.8, 4) is 11.5 Å². The molecule has 0 aromatic heterocycles. The lowest BCUT2D eigenvalue weighted by atomic mass is 9.90. The van der Waals surface area contributed by atoms with Gasteiger partial charge in [0, 0.05) is 25.4 Å². The van der Waals surface area contributed by atoms with E-state index in [9.17, 15) is 4.79 Å². The number of rotatable bonds is 8. The molecule has 0 unspecified atom stereocenters. The van der Waals surface area contributed by atoms with Gasteiger partial charge >= 0.3 is 0 Å². The summed E-state index contributed by atoms with van der Waals surface area (Å²) in [5.74, 6) is 2.39. The van der Waals surface area contributed by atoms with Crippen molar-refractivity contribution in [2.75, 3.05) is 20.2 Å². The fourth-order valence-corrected chi connectivity index (χ4v) is 4.46. The highest BCUT2D eigenvalue weighted by atomic mass is 16.5. The van der Waals surface area contributed by atoms with Crippen molar-refractivity contribution >= 4 is 5.78 Å². The third-order valence-electron chi connectivity index (χ3n) is 6.02. The van der Waals surface area contributed by atoms with E-state index < -0.39 is 0 Å². The van der Waals surface area contributed by atoms with Crippen LogP contribution in [0.25, 0.3) is 0 Å². The van der Waals surface area contributed by atoms with Crippen LogP contribution in [0.1, 0.15) is 64.4 Å². The molecule has 1 heterocycles. The summed E-state index contributed by atoms with van der Waals surface area (Å²) < 4.78 is 11.6. The second-order valence-corrected chi connectivity index (χ2v) is 8.53. The predicted molar refractivity (Wildman–Crippen MR) is 109 cm³/mol. The van der Waals surface area contributed by atoms with E-state index >= 15 is 0 Å². The van der Waals surface area contributed by atoms with Gasteiger partial charge in [-0.15, -0.1) is 0 Å². The standard InChI is InChI=1S/C23H35NO3/c1-17(2)24-12-6-7-19(16-24)14-20(25)13-18-10-11-22(26-3)23(15-18)27-21-8-4-5-9-21/h10-11,15,17,19,21H,4-9,12-14,16H2,1-3H3/t19-/m0/s1. The molecule has 1 saturated carbocycles. The summed E-state index contributed by atoms with van der Waals surface area (Å²) in [6.07, 6.45) is 8.54. The molecule has 1 aliphatic heterocycles. The molecule has 0 bridgehead atoms. The first-order chi connectivity index (χ1) is 13.0. The lowest BCUT2D eigenvalue weighted by Crippen LogP contribution is -2.40. The van der Waals surface area contributed by atoms with Gasteiger partial charge in [-0.05, 0) is 82.5 Å². The number of likely N-dealkylation sites (tertiary alicyclic amines) is 1. The molecule has 150 valence electrons. The first kappa shape index (κ1) is 20.2. The molecule has 0 amide bonds. The molecule has 27 heavy (non-hydrogen) atoms. The van der Waals surface area contributed by atoms with Crippen molar-refractivity contribution in [3.63, 3.8) is 0 Å². The van der Waals surface area contributed by atoms with E-state index in [0.29, 0.717) is 30.6 Å². The van der Waals surface area contributed by atoms with Crippen LogP contribution in [-0.2, 0) is 11.2 Å². The number of hydrogen-bond donors (Lipinski definition) is 0. The summed E-state index contributed by atoms with van der Waals surface area (Å²) in [7, 11) is 1.67. The molecule has 0 radical (unpaired) electrons. The van der Waals surface area contributed by atoms with E-state index in [2.05, 4.69) is 18.7 Å². The Morgan fingerprint density at radius 1 is 1.15 bits per heavy atom. The highest BCUT2D eigenvalue weighted by Gasteiger charge is 2.24. The second-order valence-electron chi connectivity index (χ2n) is 8.53. The van der Waals surface area contributed by atoms with Crippen molar-refractivity contribution in [1.82, 2.24) is 4.90 Å². The van der Waals surface area contributed by atoms with Crippen molar-refractivity contribution in [2.45, 2.75) is 77.4 Å². The number of hydrogen-bond acceptors (Lipinski definition) is 4. The van der Waals surface area contributed by atoms with E-state index in [-0.39, 0.29) is 6.10 Å². The smallest absolute Gasteiger partial charge is 0.161 e. The molecular weight excluding hydrogens is 338 g/mol. The Hall–Kier alpha value is -1.55. The minimum atomic E-state index is 0.286. The molecule has 4 nitrogen and oxygen atoms in total. The highest BCUT2D eigenvalue weighted by Crippen LogP contribution is 2.33. The maximum atomic E-state index is 12.7. The summed E-state index contributed by atoms with van der Waals surface area (Å²) in [4.78, 5) is 15.2. The minimum Gasteiger partial charge on any atom is -0.493 e. The van der Waals surface area contributed by atoms with Gasteiger partial charge in [0.05, 0.1) is 13.2 Å². The van der Waals surface area contributed by atoms with E-state index in [4.69, 9.17) is 9.47 Å². The summed E-state index contributed by atoms with van der Waals surface area (Å²) in [5, 5.41) is 0. The van der Waals surface area contributed by atoms with Crippen molar-refractivity contribution in [1.29, 1.82) is 0 Å². The van der Waals surface area contributed by atoms with Crippen LogP contribution in [0.3, 0.4) is 0 Å². The number of carbonyl (C=O) groups is 1. The molecule has 0 spiro atoms. The van der Waals surface area contributed by atoms with E-state index in [1.807, 2.05) is 18.2 Å². The number of benzene rings is 1. The van der Waals surface area contributed by atoms with Crippen LogP contribution in [0, 0.1) is 5.92 Å². The van der Waals surface area contributed by atoms with Gasteiger partial charge in [0.25, 0.3) is 0 Å². The van der Waals surface area contributed by atoms with Gasteiger partial charge in [0.2, 0.25) is 0 Å². The zero-order valence-electron chi connectivity index (χ0n) is 17.2. The van der Waals surface area contributed by atoms with Crippen LogP contribution >= 0.6 is 0 Å². The van der Waals surface area contributed by atoms with E-state index in [0.717, 1.165) is 36.4 Å². The molecule has 1 saturated heterocycles. The van der Waals surface area contributed by atoms with Gasteiger partial charge < -0.3 is 14.4 Å². The van der Waals surface area contributed by atoms with Gasteiger partial charge in [-0.3, -0.25) is 4.79 Å². The van der Waals surface area contributed by atoms with Crippen LogP contribution in [0.5, 0.6) is 11.5 Å². The third kappa shape index (κ3) is 5.71. The third-order valence-corrected chi connectivity index (χ3v) is 6.02. The number of ketones is 1. The molecule has 4 heteroatoms. The number of piperidine rings is 1. The van der Waals surface area contributed by atoms with Crippen LogP contribution in [0.4, 0.5) is 0 Å². The molecule has 3 rings (SSSR count). The van der Waals surface area contributed by atoms with Gasteiger partial charge in [-0.2, -0.15) is 0 Å². The fraction of sp³-hybridized carbons (Fsp3) is 0.696. The van der Waals surface area contributed by atoms with Crippen LogP contribution in [-0.4, -0.2) is 43.0 Å². The predicted octanol–water partition coefficient (Wildman–Crippen LogP) is 4.64. The van der Waals surface area contributed by atoms with E-state index in [1.54, 1.807) is 7.11 Å². The molecule has 0 N–H and O–H groups in total. The molecule has 1 aromatic rings. The zero-order chi connectivity index (χ0) is 19.2. The van der Waals surface area contributed by atoms with Gasteiger partial charge in [-0.1, -0.05) is 6.07 Å². The Labute approximate surface area is 164 Å². The summed E-state index contributed by atoms with van der Waals surface area (Å²) >= 11 is 0. The Morgan fingerprint density at radius 3 is 2.63 bits per heavy atom. The molecule has 2 fully saturated rings. The molecular formula is C23H35NO3. The van der Waals surface area contributed by atoms with Crippen molar-refractivity contribution < 1.29 is 14.3 Å². The van der Waals surface area contributed by atoms with Crippen LogP contribution in [0.15, 0.2) is 18.2 Å². The number of methoxy groups -OCH3 is 1. The van der Waals surface area contributed by atoms with E-state index in [1.165, 1.54) is 32.2 Å². The van der Waals surface area contributed by atoms with Gasteiger partial charge in [-0.25, -0.2) is 0 Å². The Bertz CT molecular complexity index is 622. The number of carbonyl (C=O) groups excluding carboxylic acids is 1. The molecule has 2 aliphatic rings. The van der Waals surface area contributed by atoms with Gasteiger partial charge in [0.15, 0.2) is 11.5 Å². The van der Waals surface area contributed by atoms with Crippen LogP contribution < -0.4 is 9.47 Å². The van der Waals surface area contributed by atoms with Crippen molar-refractivity contribution in [3.05, 3.63) is 23.8 Å². The molecule has 1 aromatic carbocycles. The second kappa shape index (κ2) is 9.59. The fourth-order valence-electron chi connectivity index (χ4n) is 4.46. The summed E-state index contributed by atoms with van der Waals surface area (Å²) in [6, 6.07) is 6.52. The SMILES string of the molecule is COc1ccc(CC(=O)C[C@@H]2CCCN(C(C)C)C2)cc1OC1CCCC1. The Balaban J connectivity index is 1.58. The number of nitrogens with zero attached hydrogens (tertiary/aromatic N) is 1. The first-order valence-electron chi connectivity index (χ1n) is 10.6. The topological polar surface area (TPSA) is 38.8 Å². The maximum Gasteiger partial charge on any atom is 0.161 e. The maximum absolute atomic E-state index is 12.7. The summed E-state index contributed by atoms with van der Waals surface area (Å²) in [5.41, 5.74) is 1.03. The Morgan fingerprint density at radius 2 is 1.93 bits per heavy atom. The average Bonchev–Trinajstić information content (AvgIpc) is 3.15. The zero-order valence-corrected chi connectivity index (χ0v) is 17.2. The summed E-state index contributed by atoms with van der Waals surface area (Å²) in [6.45, 7) is 6.71. The monoisotopic (exact) mass is 373 g/mol. The van der Waals surface area contributed by atoms with Crippen molar-refractivity contribution in [2.24, 2.45) is 5.92 Å². The highest BCUT2D eigenvalue weighted by molar-refractivity contribution is 5.81. The lowest BCUT2D eigenvalue weighted by molar-refractivity contribution is -0.119. The molecule has 1 atom stereocenters. The minimum absolute atomic E-state index is 0.286. The number of ether oxygens (including phenoxy) is 2. The molecule has 1 aliphatic carbocycles. The normalized spacial score (nSPS) is 21.6. The largest absolute Gasteiger partial charge is 0.493 e. The first-order valence-corrected chi connectivity index (χ1v) is 10.6. The van der Waals surface area contributed by atoms with Gasteiger partial charge in [0.1, 0.15) is 5.78 Å².